The molecule has 0 saturated heterocycles. The number of hydrazone groups is 1. The molecular weight excluding hydrogens is 254 g/mol. The zero-order valence-electron chi connectivity index (χ0n) is 12.1. The lowest BCUT2D eigenvalue weighted by atomic mass is 10.1. The van der Waals surface area contributed by atoms with Gasteiger partial charge in [-0.3, -0.25) is 4.79 Å². The van der Waals surface area contributed by atoms with Crippen LogP contribution in [0.4, 0.5) is 5.69 Å². The van der Waals surface area contributed by atoms with E-state index < -0.39 is 6.10 Å². The van der Waals surface area contributed by atoms with Crippen LogP contribution >= 0.6 is 0 Å². The zero-order valence-corrected chi connectivity index (χ0v) is 12.1. The van der Waals surface area contributed by atoms with E-state index in [0.717, 1.165) is 5.69 Å². The molecule has 20 heavy (non-hydrogen) atoms. The molecule has 5 heteroatoms. The lowest BCUT2D eigenvalue weighted by Gasteiger charge is -2.13. The van der Waals surface area contributed by atoms with E-state index in [-0.39, 0.29) is 5.91 Å². The summed E-state index contributed by atoms with van der Waals surface area (Å²) in [5.41, 5.74) is 1.32. The minimum Gasteiger partial charge on any atom is -0.389 e. The molecule has 5 nitrogen and oxygen atoms in total. The highest BCUT2D eigenvalue weighted by atomic mass is 16.3. The highest BCUT2D eigenvalue weighted by Gasteiger charge is 2.13. The Hall–Kier alpha value is -2.14. The Bertz CT molecular complexity index is 498. The largest absolute Gasteiger partial charge is 0.389 e. The van der Waals surface area contributed by atoms with Crippen molar-refractivity contribution in [1.82, 2.24) is 5.01 Å². The highest BCUT2D eigenvalue weighted by molar-refractivity contribution is 5.99. The van der Waals surface area contributed by atoms with E-state index in [0.29, 0.717) is 12.0 Å². The Morgan fingerprint density at radius 1 is 1.50 bits per heavy atom. The Morgan fingerprint density at radius 2 is 2.20 bits per heavy atom. The first-order valence-corrected chi connectivity index (χ1v) is 6.53. The number of nitrogens with one attached hydrogen (secondary N) is 1. The number of rotatable bonds is 6. The molecule has 1 unspecified atom stereocenters. The molecule has 1 atom stereocenters. The number of aliphatic hydroxyl groups is 1. The van der Waals surface area contributed by atoms with Crippen LogP contribution < -0.4 is 5.32 Å². The van der Waals surface area contributed by atoms with E-state index in [4.69, 9.17) is 0 Å². The van der Waals surface area contributed by atoms with Crippen LogP contribution in [0.5, 0.6) is 0 Å². The predicted octanol–water partition coefficient (Wildman–Crippen LogP) is 2.11. The van der Waals surface area contributed by atoms with Crippen molar-refractivity contribution < 1.29 is 9.90 Å². The molecule has 2 N–H and O–H groups in total. The molecule has 0 aromatic heterocycles. The number of aliphatic hydroxyl groups excluding tert-OH is 1. The summed E-state index contributed by atoms with van der Waals surface area (Å²) in [5.74, 6) is -0.198. The molecule has 0 aliphatic carbocycles. The number of allylic oxidation sites excluding steroid dienone is 1. The summed E-state index contributed by atoms with van der Waals surface area (Å²) in [5, 5.41) is 17.6. The monoisotopic (exact) mass is 275 g/mol. The van der Waals surface area contributed by atoms with Crippen molar-refractivity contribution in [3.8, 4) is 0 Å². The molecule has 0 aliphatic rings. The summed E-state index contributed by atoms with van der Waals surface area (Å²) in [4.78, 5) is 12.2. The fourth-order valence-electron chi connectivity index (χ4n) is 1.57. The number of anilines is 1. The summed E-state index contributed by atoms with van der Waals surface area (Å²) in [6.45, 7) is 1.89. The van der Waals surface area contributed by atoms with E-state index in [2.05, 4.69) is 10.4 Å². The Kier molecular flexibility index (Phi) is 6.46. The molecule has 0 heterocycles. The van der Waals surface area contributed by atoms with Gasteiger partial charge in [0.1, 0.15) is 0 Å². The van der Waals surface area contributed by atoms with E-state index >= 15 is 0 Å². The molecule has 0 spiro atoms. The van der Waals surface area contributed by atoms with Gasteiger partial charge in [-0.05, 0) is 24.6 Å². The molecule has 1 aromatic rings. The van der Waals surface area contributed by atoms with E-state index in [1.54, 1.807) is 32.3 Å². The van der Waals surface area contributed by atoms with Gasteiger partial charge < -0.3 is 10.4 Å². The Labute approximate surface area is 119 Å². The van der Waals surface area contributed by atoms with Gasteiger partial charge in [-0.2, -0.15) is 5.10 Å². The number of carbonyl (C=O) groups is 1. The standard InChI is InChI=1S/C15H21N3O2/c1-4-12(19)8-7-11-17-18(3)15(20)13-9-5-6-10-14(13)16-2/h5-12,16,19H,4H2,1-3H3/b8-7+,17-11+. The van der Waals surface area contributed by atoms with Crippen molar-refractivity contribution in [3.05, 3.63) is 42.0 Å². The van der Waals surface area contributed by atoms with E-state index in [1.165, 1.54) is 11.2 Å². The maximum Gasteiger partial charge on any atom is 0.275 e. The summed E-state index contributed by atoms with van der Waals surface area (Å²) in [7, 11) is 3.36. The topological polar surface area (TPSA) is 64.9 Å². The molecule has 0 aliphatic heterocycles. The second kappa shape index (κ2) is 8.12. The minimum atomic E-state index is -0.479. The van der Waals surface area contributed by atoms with Crippen LogP contribution in [-0.2, 0) is 0 Å². The van der Waals surface area contributed by atoms with Gasteiger partial charge >= 0.3 is 0 Å². The van der Waals surface area contributed by atoms with Crippen molar-refractivity contribution in [2.24, 2.45) is 5.10 Å². The van der Waals surface area contributed by atoms with Gasteiger partial charge in [0.05, 0.1) is 11.7 Å². The number of nitrogens with zero attached hydrogens (tertiary/aromatic N) is 2. The average molecular weight is 275 g/mol. The van der Waals surface area contributed by atoms with Crippen molar-refractivity contribution in [1.29, 1.82) is 0 Å². The number of hydrogen-bond donors (Lipinski definition) is 2. The van der Waals surface area contributed by atoms with Crippen LogP contribution in [0.15, 0.2) is 41.5 Å². The molecule has 0 radical (unpaired) electrons. The highest BCUT2D eigenvalue weighted by Crippen LogP contribution is 2.15. The minimum absolute atomic E-state index is 0.198. The van der Waals surface area contributed by atoms with Crippen LogP contribution in [-0.4, -0.2) is 42.4 Å². The smallest absolute Gasteiger partial charge is 0.275 e. The van der Waals surface area contributed by atoms with Gasteiger partial charge in [-0.25, -0.2) is 5.01 Å². The third-order valence-corrected chi connectivity index (χ3v) is 2.80. The van der Waals surface area contributed by atoms with Crippen LogP contribution in [0.25, 0.3) is 0 Å². The number of benzene rings is 1. The zero-order chi connectivity index (χ0) is 15.0. The lowest BCUT2D eigenvalue weighted by molar-refractivity contribution is 0.0801. The van der Waals surface area contributed by atoms with Gasteiger partial charge in [0, 0.05) is 26.0 Å². The summed E-state index contributed by atoms with van der Waals surface area (Å²) in [6, 6.07) is 7.25. The maximum atomic E-state index is 12.2. The van der Waals surface area contributed by atoms with Crippen LogP contribution in [0.3, 0.4) is 0 Å². The fourth-order valence-corrected chi connectivity index (χ4v) is 1.57. The molecule has 1 rings (SSSR count). The number of carbonyl (C=O) groups excluding carboxylic acids is 1. The molecule has 0 bridgehead atoms. The third kappa shape index (κ3) is 4.51. The second-order valence-electron chi connectivity index (χ2n) is 4.25. The Balaban J connectivity index is 2.72. The fraction of sp³-hybridized carbons (Fsp3) is 0.333. The van der Waals surface area contributed by atoms with E-state index in [9.17, 15) is 9.90 Å². The Morgan fingerprint density at radius 3 is 2.85 bits per heavy atom. The summed E-state index contributed by atoms with van der Waals surface area (Å²) >= 11 is 0. The van der Waals surface area contributed by atoms with Crippen molar-refractivity contribution >= 4 is 17.8 Å². The molecule has 1 amide bonds. The summed E-state index contributed by atoms with van der Waals surface area (Å²) < 4.78 is 0. The quantitative estimate of drug-likeness (QED) is 0.617. The van der Waals surface area contributed by atoms with Gasteiger partial charge in [-0.15, -0.1) is 0 Å². The van der Waals surface area contributed by atoms with Crippen molar-refractivity contribution in [2.45, 2.75) is 19.4 Å². The van der Waals surface area contributed by atoms with Gasteiger partial charge in [-0.1, -0.05) is 25.1 Å². The van der Waals surface area contributed by atoms with Crippen LogP contribution in [0.1, 0.15) is 23.7 Å². The van der Waals surface area contributed by atoms with Gasteiger partial charge in [0.2, 0.25) is 0 Å². The molecule has 108 valence electrons. The van der Waals surface area contributed by atoms with Gasteiger partial charge in [0.25, 0.3) is 5.91 Å². The number of amides is 1. The third-order valence-electron chi connectivity index (χ3n) is 2.80. The lowest BCUT2D eigenvalue weighted by Crippen LogP contribution is -2.22. The first kappa shape index (κ1) is 15.9. The van der Waals surface area contributed by atoms with Crippen molar-refractivity contribution in [3.63, 3.8) is 0 Å². The molecule has 0 fully saturated rings. The predicted molar refractivity (Wildman–Crippen MR) is 82.0 cm³/mol. The van der Waals surface area contributed by atoms with Crippen LogP contribution in [0, 0.1) is 0 Å². The maximum absolute atomic E-state index is 12.2. The SMILES string of the molecule is CCC(O)/C=C/C=N/N(C)C(=O)c1ccccc1NC. The summed E-state index contributed by atoms with van der Waals surface area (Å²) in [6.07, 6.45) is 4.91. The average Bonchev–Trinajstić information content (AvgIpc) is 2.50. The van der Waals surface area contributed by atoms with Gasteiger partial charge in [0.15, 0.2) is 0 Å². The molecule has 1 aromatic carbocycles. The number of para-hydroxylation sites is 1. The first-order chi connectivity index (χ1) is 9.60. The van der Waals surface area contributed by atoms with Crippen LogP contribution in [0.2, 0.25) is 0 Å². The molecule has 0 saturated carbocycles. The van der Waals surface area contributed by atoms with E-state index in [1.807, 2.05) is 25.1 Å². The second-order valence-corrected chi connectivity index (χ2v) is 4.25. The number of hydrogen-bond acceptors (Lipinski definition) is 4. The first-order valence-electron chi connectivity index (χ1n) is 6.53. The molecular formula is C15H21N3O2. The normalized spacial score (nSPS) is 12.8. The van der Waals surface area contributed by atoms with Crippen molar-refractivity contribution in [2.75, 3.05) is 19.4 Å².